The van der Waals surface area contributed by atoms with E-state index in [4.69, 9.17) is 16.7 Å². The molecule has 2 aromatic rings. The molecule has 0 radical (unpaired) electrons. The molecule has 9 heteroatoms. The highest BCUT2D eigenvalue weighted by atomic mass is 35.5. The molecule has 3 rings (SSSR count). The van der Waals surface area contributed by atoms with Crippen LogP contribution in [-0.2, 0) is 0 Å². The lowest BCUT2D eigenvalue weighted by Crippen LogP contribution is -2.37. The molecule has 2 amide bonds. The van der Waals surface area contributed by atoms with Gasteiger partial charge in [0.05, 0.1) is 16.6 Å². The Morgan fingerprint density at radius 3 is 2.78 bits per heavy atom. The third-order valence-corrected chi connectivity index (χ3v) is 4.06. The van der Waals surface area contributed by atoms with Crippen LogP contribution in [0, 0.1) is 11.6 Å². The number of likely N-dealkylation sites (tertiary alicyclic amines) is 1. The number of hydrogen-bond acceptors (Lipinski definition) is 2. The highest BCUT2D eigenvalue weighted by molar-refractivity contribution is 6.31. The molecule has 1 saturated heterocycles. The maximum Gasteiger partial charge on any atom is 0.404 e. The van der Waals surface area contributed by atoms with Gasteiger partial charge in [-0.1, -0.05) is 11.6 Å². The van der Waals surface area contributed by atoms with Gasteiger partial charge in [-0.25, -0.2) is 13.6 Å². The number of carboxylic acid groups (broad SMARTS) is 1. The number of carbonyl (C=O) groups is 2. The van der Waals surface area contributed by atoms with Gasteiger partial charge in [0, 0.05) is 18.5 Å². The number of aromatic amines is 1. The number of benzene rings is 1. The number of aromatic nitrogens is 1. The highest BCUT2D eigenvalue weighted by Gasteiger charge is 2.29. The maximum atomic E-state index is 13.8. The van der Waals surface area contributed by atoms with Crippen LogP contribution in [0.15, 0.2) is 12.1 Å². The number of amides is 2. The maximum absolute atomic E-state index is 13.8. The van der Waals surface area contributed by atoms with Gasteiger partial charge in [0.2, 0.25) is 0 Å². The lowest BCUT2D eigenvalue weighted by Gasteiger charge is -2.15. The molecule has 0 spiro atoms. The third kappa shape index (κ3) is 2.81. The zero-order chi connectivity index (χ0) is 16.7. The minimum absolute atomic E-state index is 0.0940. The predicted octanol–water partition coefficient (Wildman–Crippen LogP) is 2.58. The summed E-state index contributed by atoms with van der Waals surface area (Å²) in [5.41, 5.74) is -0.0359. The second-order valence-electron chi connectivity index (χ2n) is 5.32. The molecule has 1 aliphatic heterocycles. The average Bonchev–Trinajstić information content (AvgIpc) is 3.10. The van der Waals surface area contributed by atoms with Crippen molar-refractivity contribution in [1.29, 1.82) is 0 Å². The topological polar surface area (TPSA) is 85.4 Å². The summed E-state index contributed by atoms with van der Waals surface area (Å²) in [6, 6.07) is 2.29. The van der Waals surface area contributed by atoms with E-state index in [1.807, 2.05) is 0 Å². The van der Waals surface area contributed by atoms with E-state index in [0.29, 0.717) is 13.0 Å². The lowest BCUT2D eigenvalue weighted by atomic mass is 10.2. The van der Waals surface area contributed by atoms with Gasteiger partial charge in [-0.3, -0.25) is 4.79 Å². The van der Waals surface area contributed by atoms with Crippen molar-refractivity contribution in [2.45, 2.75) is 12.5 Å². The summed E-state index contributed by atoms with van der Waals surface area (Å²) in [6.45, 7) is 0.592. The molecular weight excluding hydrogens is 332 g/mol. The van der Waals surface area contributed by atoms with Gasteiger partial charge < -0.3 is 20.3 Å². The monoisotopic (exact) mass is 343 g/mol. The van der Waals surface area contributed by atoms with Crippen LogP contribution in [0.25, 0.3) is 10.9 Å². The second-order valence-corrected chi connectivity index (χ2v) is 5.73. The van der Waals surface area contributed by atoms with Crippen LogP contribution in [-0.4, -0.2) is 46.1 Å². The summed E-state index contributed by atoms with van der Waals surface area (Å²) in [7, 11) is 0. The molecule has 1 fully saturated rings. The first-order chi connectivity index (χ1) is 10.9. The highest BCUT2D eigenvalue weighted by Crippen LogP contribution is 2.28. The first-order valence-corrected chi connectivity index (χ1v) is 7.19. The lowest BCUT2D eigenvalue weighted by molar-refractivity contribution is 0.0783. The fourth-order valence-corrected chi connectivity index (χ4v) is 2.90. The predicted molar refractivity (Wildman–Crippen MR) is 78.7 cm³/mol. The molecule has 1 aromatic carbocycles. The number of nitrogens with zero attached hydrogens (tertiary/aromatic N) is 1. The number of nitrogens with one attached hydrogen (secondary N) is 2. The molecule has 6 nitrogen and oxygen atoms in total. The fraction of sp³-hybridized carbons (Fsp3) is 0.286. The Morgan fingerprint density at radius 2 is 2.09 bits per heavy atom. The van der Waals surface area contributed by atoms with Crippen molar-refractivity contribution < 1.29 is 23.5 Å². The normalized spacial score (nSPS) is 17.7. The summed E-state index contributed by atoms with van der Waals surface area (Å²) >= 11 is 5.59. The Hall–Kier alpha value is -2.35. The number of rotatable bonds is 2. The number of fused-ring (bicyclic) bond motifs is 1. The van der Waals surface area contributed by atoms with Gasteiger partial charge in [0.1, 0.15) is 5.69 Å². The number of H-pyrrole nitrogens is 1. The van der Waals surface area contributed by atoms with E-state index in [0.717, 1.165) is 0 Å². The smallest absolute Gasteiger partial charge is 0.404 e. The summed E-state index contributed by atoms with van der Waals surface area (Å²) < 4.78 is 27.3. The third-order valence-electron chi connectivity index (χ3n) is 3.79. The van der Waals surface area contributed by atoms with Crippen molar-refractivity contribution in [3.63, 3.8) is 0 Å². The van der Waals surface area contributed by atoms with E-state index < -0.39 is 23.6 Å². The molecule has 0 bridgehead atoms. The molecule has 23 heavy (non-hydrogen) atoms. The van der Waals surface area contributed by atoms with Crippen LogP contribution in [0.2, 0.25) is 5.02 Å². The average molecular weight is 344 g/mol. The molecule has 3 N–H and O–H groups in total. The number of halogens is 3. The molecular formula is C14H12ClF2N3O3. The molecule has 122 valence electrons. The van der Waals surface area contributed by atoms with E-state index in [9.17, 15) is 18.4 Å². The van der Waals surface area contributed by atoms with Crippen molar-refractivity contribution in [2.24, 2.45) is 0 Å². The SMILES string of the molecule is O=C(O)N[C@@H]1CCN(C(=O)c2cc3cc(Cl)c(F)c(F)c3[nH]2)C1. The van der Waals surface area contributed by atoms with Crippen molar-refractivity contribution in [1.82, 2.24) is 15.2 Å². The van der Waals surface area contributed by atoms with Crippen molar-refractivity contribution in [3.8, 4) is 0 Å². The molecule has 1 atom stereocenters. The summed E-state index contributed by atoms with van der Waals surface area (Å²) in [4.78, 5) is 27.0. The fourth-order valence-electron chi connectivity index (χ4n) is 2.70. The van der Waals surface area contributed by atoms with Crippen LogP contribution >= 0.6 is 11.6 Å². The van der Waals surface area contributed by atoms with Crippen LogP contribution < -0.4 is 5.32 Å². The standard InChI is InChI=1S/C14H12ClF2N3O3/c15-8-3-6-4-9(19-12(6)11(17)10(8)16)13(21)20-2-1-7(5-20)18-14(22)23/h3-4,7,18-19H,1-2,5H2,(H,22,23)/t7-/m1/s1. The summed E-state index contributed by atoms with van der Waals surface area (Å²) in [5, 5.41) is 10.9. The molecule has 0 unspecified atom stereocenters. The first kappa shape index (κ1) is 15.5. The van der Waals surface area contributed by atoms with Gasteiger partial charge in [0.25, 0.3) is 5.91 Å². The van der Waals surface area contributed by atoms with Gasteiger partial charge in [-0.2, -0.15) is 0 Å². The van der Waals surface area contributed by atoms with Gasteiger partial charge in [-0.05, 0) is 18.6 Å². The van der Waals surface area contributed by atoms with Gasteiger partial charge in [-0.15, -0.1) is 0 Å². The van der Waals surface area contributed by atoms with E-state index in [1.54, 1.807) is 0 Å². The Labute approximate surface area is 134 Å². The van der Waals surface area contributed by atoms with E-state index in [-0.39, 0.29) is 34.2 Å². The Kier molecular flexibility index (Phi) is 3.85. The van der Waals surface area contributed by atoms with Gasteiger partial charge >= 0.3 is 6.09 Å². The zero-order valence-corrected chi connectivity index (χ0v) is 12.5. The van der Waals surface area contributed by atoms with Crippen LogP contribution in [0.4, 0.5) is 13.6 Å². The number of hydrogen-bond donors (Lipinski definition) is 3. The molecule has 1 aromatic heterocycles. The van der Waals surface area contributed by atoms with Crippen LogP contribution in [0.5, 0.6) is 0 Å². The second kappa shape index (κ2) is 5.69. The Balaban J connectivity index is 1.85. The number of carbonyl (C=O) groups excluding carboxylic acids is 1. The van der Waals surface area contributed by atoms with Crippen molar-refractivity contribution >= 4 is 34.5 Å². The zero-order valence-electron chi connectivity index (χ0n) is 11.7. The quantitative estimate of drug-likeness (QED) is 0.733. The van der Waals surface area contributed by atoms with E-state index in [1.165, 1.54) is 17.0 Å². The minimum atomic E-state index is -1.17. The molecule has 2 heterocycles. The molecule has 1 aliphatic rings. The first-order valence-electron chi connectivity index (χ1n) is 6.81. The van der Waals surface area contributed by atoms with E-state index in [2.05, 4.69) is 10.3 Å². The van der Waals surface area contributed by atoms with Gasteiger partial charge in [0.15, 0.2) is 11.6 Å². The van der Waals surface area contributed by atoms with E-state index >= 15 is 0 Å². The Morgan fingerprint density at radius 1 is 1.35 bits per heavy atom. The van der Waals surface area contributed by atoms with Crippen molar-refractivity contribution in [2.75, 3.05) is 13.1 Å². The molecule has 0 aliphatic carbocycles. The molecule has 0 saturated carbocycles. The largest absolute Gasteiger partial charge is 0.465 e. The van der Waals surface area contributed by atoms with Crippen LogP contribution in [0.3, 0.4) is 0 Å². The Bertz CT molecular complexity index is 808. The van der Waals surface area contributed by atoms with Crippen LogP contribution in [0.1, 0.15) is 16.9 Å². The summed E-state index contributed by atoms with van der Waals surface area (Å²) in [5.74, 6) is -2.72. The van der Waals surface area contributed by atoms with Crippen molar-refractivity contribution in [3.05, 3.63) is 34.5 Å². The minimum Gasteiger partial charge on any atom is -0.465 e. The summed E-state index contributed by atoms with van der Waals surface area (Å²) in [6.07, 6.45) is -0.658.